The topological polar surface area (TPSA) is 18.5 Å². The van der Waals surface area contributed by atoms with Crippen molar-refractivity contribution in [2.45, 2.75) is 51.1 Å². The third-order valence-electron chi connectivity index (χ3n) is 4.93. The van der Waals surface area contributed by atoms with E-state index < -0.39 is 0 Å². The molecule has 0 aromatic heterocycles. The van der Waals surface area contributed by atoms with Crippen LogP contribution in [0.3, 0.4) is 0 Å². The minimum atomic E-state index is 0.758. The Hall–Kier alpha value is -0.120. The Labute approximate surface area is 112 Å². The summed E-state index contributed by atoms with van der Waals surface area (Å²) in [6, 6.07) is 1.63. The molecule has 3 fully saturated rings. The van der Waals surface area contributed by atoms with E-state index >= 15 is 0 Å². The molecule has 3 rings (SSSR count). The molecule has 0 radical (unpaired) electrons. The van der Waals surface area contributed by atoms with Gasteiger partial charge in [-0.25, -0.2) is 0 Å². The Morgan fingerprint density at radius 2 is 1.89 bits per heavy atom. The second kappa shape index (κ2) is 5.89. The van der Waals surface area contributed by atoms with Gasteiger partial charge < -0.3 is 10.2 Å². The number of nitrogens with zero attached hydrogens (tertiary/aromatic N) is 2. The van der Waals surface area contributed by atoms with Gasteiger partial charge in [0.2, 0.25) is 0 Å². The summed E-state index contributed by atoms with van der Waals surface area (Å²) >= 11 is 0. The highest BCUT2D eigenvalue weighted by atomic mass is 15.2. The highest BCUT2D eigenvalue weighted by molar-refractivity contribution is 4.86. The maximum atomic E-state index is 3.69. The zero-order valence-corrected chi connectivity index (χ0v) is 11.9. The molecule has 0 aromatic carbocycles. The molecular formula is C15H29N3. The van der Waals surface area contributed by atoms with Gasteiger partial charge in [-0.15, -0.1) is 0 Å². The van der Waals surface area contributed by atoms with Crippen molar-refractivity contribution < 1.29 is 0 Å². The van der Waals surface area contributed by atoms with Crippen LogP contribution in [0, 0.1) is 5.92 Å². The van der Waals surface area contributed by atoms with E-state index in [0.717, 1.165) is 18.0 Å². The van der Waals surface area contributed by atoms with Gasteiger partial charge in [-0.2, -0.15) is 0 Å². The van der Waals surface area contributed by atoms with E-state index in [0.29, 0.717) is 0 Å². The maximum Gasteiger partial charge on any atom is 0.0195 e. The van der Waals surface area contributed by atoms with E-state index in [1.165, 1.54) is 71.4 Å². The van der Waals surface area contributed by atoms with Crippen LogP contribution >= 0.6 is 0 Å². The van der Waals surface area contributed by atoms with Gasteiger partial charge in [0.05, 0.1) is 0 Å². The summed E-state index contributed by atoms with van der Waals surface area (Å²) in [6.45, 7) is 10.3. The predicted octanol–water partition coefficient (Wildman–Crippen LogP) is 1.54. The van der Waals surface area contributed by atoms with E-state index in [2.05, 4.69) is 22.0 Å². The second-order valence-corrected chi connectivity index (χ2v) is 6.69. The molecule has 0 spiro atoms. The third kappa shape index (κ3) is 3.46. The lowest BCUT2D eigenvalue weighted by Gasteiger charge is -2.28. The SMILES string of the molecule is CC(CN1CCCC1)N1CCC(CNC2CC2)C1. The third-order valence-corrected chi connectivity index (χ3v) is 4.93. The fraction of sp³-hybridized carbons (Fsp3) is 1.00. The quantitative estimate of drug-likeness (QED) is 0.772. The lowest BCUT2D eigenvalue weighted by Crippen LogP contribution is -2.40. The summed E-state index contributed by atoms with van der Waals surface area (Å²) in [5.74, 6) is 0.909. The second-order valence-electron chi connectivity index (χ2n) is 6.69. The summed E-state index contributed by atoms with van der Waals surface area (Å²) in [5, 5.41) is 3.69. The largest absolute Gasteiger partial charge is 0.314 e. The predicted molar refractivity (Wildman–Crippen MR) is 75.8 cm³/mol. The standard InChI is InChI=1S/C15H29N3/c1-13(11-17-7-2-3-8-17)18-9-6-14(12-18)10-16-15-4-5-15/h13-16H,2-12H2,1H3. The van der Waals surface area contributed by atoms with Crippen LogP contribution in [0.1, 0.15) is 39.0 Å². The molecule has 3 heteroatoms. The van der Waals surface area contributed by atoms with Crippen LogP contribution in [0.5, 0.6) is 0 Å². The first-order valence-electron chi connectivity index (χ1n) is 8.01. The van der Waals surface area contributed by atoms with Gasteiger partial charge in [-0.3, -0.25) is 4.90 Å². The Balaban J connectivity index is 1.36. The van der Waals surface area contributed by atoms with Crippen molar-refractivity contribution in [2.24, 2.45) is 5.92 Å². The smallest absolute Gasteiger partial charge is 0.0195 e. The molecule has 2 saturated heterocycles. The van der Waals surface area contributed by atoms with Crippen molar-refractivity contribution in [3.63, 3.8) is 0 Å². The molecule has 0 aromatic rings. The molecule has 2 heterocycles. The van der Waals surface area contributed by atoms with Crippen molar-refractivity contribution in [1.82, 2.24) is 15.1 Å². The Bertz CT molecular complexity index is 258. The first-order chi connectivity index (χ1) is 8.81. The van der Waals surface area contributed by atoms with E-state index in [9.17, 15) is 0 Å². The number of rotatable bonds is 6. The van der Waals surface area contributed by atoms with Gasteiger partial charge in [0.1, 0.15) is 0 Å². The Kier molecular flexibility index (Phi) is 4.22. The summed E-state index contributed by atoms with van der Waals surface area (Å²) in [7, 11) is 0. The van der Waals surface area contributed by atoms with E-state index in [1.54, 1.807) is 0 Å². The van der Waals surface area contributed by atoms with Gasteiger partial charge >= 0.3 is 0 Å². The minimum absolute atomic E-state index is 0.758. The van der Waals surface area contributed by atoms with E-state index in [4.69, 9.17) is 0 Å². The molecule has 2 aliphatic heterocycles. The van der Waals surface area contributed by atoms with Crippen LogP contribution in [0.4, 0.5) is 0 Å². The molecule has 0 amide bonds. The molecule has 2 atom stereocenters. The summed E-state index contributed by atoms with van der Waals surface area (Å²) in [5.41, 5.74) is 0. The average Bonchev–Trinajstić information content (AvgIpc) is 2.88. The molecule has 2 unspecified atom stereocenters. The lowest BCUT2D eigenvalue weighted by molar-refractivity contribution is 0.186. The van der Waals surface area contributed by atoms with Gasteiger partial charge in [-0.05, 0) is 71.1 Å². The molecule has 1 N–H and O–H groups in total. The molecule has 104 valence electrons. The van der Waals surface area contributed by atoms with Crippen molar-refractivity contribution in [1.29, 1.82) is 0 Å². The maximum absolute atomic E-state index is 3.69. The summed E-state index contributed by atoms with van der Waals surface area (Å²) in [4.78, 5) is 5.37. The zero-order chi connectivity index (χ0) is 12.4. The minimum Gasteiger partial charge on any atom is -0.314 e. The van der Waals surface area contributed by atoms with Gasteiger partial charge in [0.15, 0.2) is 0 Å². The molecule has 1 aliphatic carbocycles. The van der Waals surface area contributed by atoms with Crippen LogP contribution < -0.4 is 5.32 Å². The molecule has 0 bridgehead atoms. The van der Waals surface area contributed by atoms with Gasteiger partial charge in [-0.1, -0.05) is 0 Å². The number of hydrogen-bond donors (Lipinski definition) is 1. The first kappa shape index (κ1) is 12.9. The van der Waals surface area contributed by atoms with Crippen molar-refractivity contribution >= 4 is 0 Å². The van der Waals surface area contributed by atoms with Gasteiger partial charge in [0.25, 0.3) is 0 Å². The van der Waals surface area contributed by atoms with Crippen molar-refractivity contribution in [3.8, 4) is 0 Å². The molecule has 3 aliphatic rings. The zero-order valence-electron chi connectivity index (χ0n) is 11.9. The first-order valence-corrected chi connectivity index (χ1v) is 8.01. The van der Waals surface area contributed by atoms with E-state index in [-0.39, 0.29) is 0 Å². The van der Waals surface area contributed by atoms with Crippen LogP contribution in [0.2, 0.25) is 0 Å². The van der Waals surface area contributed by atoms with E-state index in [1.807, 2.05) is 0 Å². The monoisotopic (exact) mass is 251 g/mol. The van der Waals surface area contributed by atoms with Crippen LogP contribution in [0.25, 0.3) is 0 Å². The molecule has 3 nitrogen and oxygen atoms in total. The summed E-state index contributed by atoms with van der Waals surface area (Å²) in [6.07, 6.45) is 7.08. The summed E-state index contributed by atoms with van der Waals surface area (Å²) < 4.78 is 0. The Morgan fingerprint density at radius 3 is 2.61 bits per heavy atom. The van der Waals surface area contributed by atoms with Gasteiger partial charge in [0, 0.05) is 25.2 Å². The highest BCUT2D eigenvalue weighted by Gasteiger charge is 2.29. The molecule has 1 saturated carbocycles. The van der Waals surface area contributed by atoms with Crippen LogP contribution in [-0.4, -0.2) is 61.2 Å². The van der Waals surface area contributed by atoms with Crippen LogP contribution in [-0.2, 0) is 0 Å². The molecule has 18 heavy (non-hydrogen) atoms. The molecular weight excluding hydrogens is 222 g/mol. The average molecular weight is 251 g/mol. The number of hydrogen-bond acceptors (Lipinski definition) is 3. The normalized spacial score (nSPS) is 32.2. The fourth-order valence-electron chi connectivity index (χ4n) is 3.50. The lowest BCUT2D eigenvalue weighted by atomic mass is 10.1. The van der Waals surface area contributed by atoms with Crippen molar-refractivity contribution in [3.05, 3.63) is 0 Å². The number of nitrogens with one attached hydrogen (secondary N) is 1. The fourth-order valence-corrected chi connectivity index (χ4v) is 3.50. The number of likely N-dealkylation sites (tertiary alicyclic amines) is 2. The Morgan fingerprint density at radius 1 is 1.11 bits per heavy atom. The van der Waals surface area contributed by atoms with Crippen LogP contribution in [0.15, 0.2) is 0 Å². The van der Waals surface area contributed by atoms with Crippen molar-refractivity contribution in [2.75, 3.05) is 39.3 Å². The highest BCUT2D eigenvalue weighted by Crippen LogP contribution is 2.22.